The summed E-state index contributed by atoms with van der Waals surface area (Å²) in [5.41, 5.74) is 3.28. The first-order chi connectivity index (χ1) is 13.6. The van der Waals surface area contributed by atoms with Crippen LogP contribution in [-0.2, 0) is 9.59 Å². The zero-order chi connectivity index (χ0) is 21.4. The maximum absolute atomic E-state index is 13.0. The summed E-state index contributed by atoms with van der Waals surface area (Å²) in [4.78, 5) is 26.9. The van der Waals surface area contributed by atoms with Crippen molar-refractivity contribution in [2.75, 3.05) is 4.90 Å². The summed E-state index contributed by atoms with van der Waals surface area (Å²) in [6.45, 7) is 19.8. The minimum atomic E-state index is -0.346. The van der Waals surface area contributed by atoms with Crippen molar-refractivity contribution in [2.24, 2.45) is 11.8 Å². The Morgan fingerprint density at radius 1 is 0.964 bits per heavy atom. The molecular formula is C25H33NO2. The number of amides is 2. The van der Waals surface area contributed by atoms with Crippen LogP contribution in [0.25, 0.3) is 0 Å². The average Bonchev–Trinajstić information content (AvgIpc) is 3.55. The molecule has 3 nitrogen and oxygen atoms in total. The lowest BCUT2D eigenvalue weighted by Crippen LogP contribution is -2.44. The third kappa shape index (κ3) is 4.09. The SMILES string of the molecule is C=CC1=CC2CC2C2=C1C(=C)C(=O)N(c1ccccc1)C2=O.CC.CC.CC. The van der Waals surface area contributed by atoms with Crippen LogP contribution in [0.1, 0.15) is 48.0 Å². The van der Waals surface area contributed by atoms with E-state index in [0.717, 1.165) is 17.6 Å². The van der Waals surface area contributed by atoms with Gasteiger partial charge in [-0.25, -0.2) is 4.90 Å². The number of carbonyl (C=O) groups is 2. The molecule has 2 atom stereocenters. The first-order valence-corrected chi connectivity index (χ1v) is 10.4. The van der Waals surface area contributed by atoms with Crippen LogP contribution in [0.15, 0.2) is 77.9 Å². The van der Waals surface area contributed by atoms with E-state index >= 15 is 0 Å². The molecule has 0 N–H and O–H groups in total. The van der Waals surface area contributed by atoms with Crippen LogP contribution in [0.4, 0.5) is 5.69 Å². The van der Waals surface area contributed by atoms with Gasteiger partial charge in [0.1, 0.15) is 0 Å². The zero-order valence-electron chi connectivity index (χ0n) is 18.1. The molecule has 0 spiro atoms. The number of hydrogen-bond donors (Lipinski definition) is 0. The quantitative estimate of drug-likeness (QED) is 0.450. The molecule has 150 valence electrons. The number of rotatable bonds is 2. The van der Waals surface area contributed by atoms with Crippen molar-refractivity contribution >= 4 is 17.5 Å². The number of benzene rings is 1. The summed E-state index contributed by atoms with van der Waals surface area (Å²) in [7, 11) is 0. The fourth-order valence-corrected chi connectivity index (χ4v) is 3.42. The van der Waals surface area contributed by atoms with Gasteiger partial charge in [0.15, 0.2) is 0 Å². The predicted octanol–water partition coefficient (Wildman–Crippen LogP) is 6.25. The van der Waals surface area contributed by atoms with E-state index in [-0.39, 0.29) is 17.7 Å². The van der Waals surface area contributed by atoms with E-state index in [0.29, 0.717) is 22.8 Å². The number of hydrogen-bond acceptors (Lipinski definition) is 2. The molecule has 1 aromatic rings. The fourth-order valence-electron chi connectivity index (χ4n) is 3.42. The number of carbonyl (C=O) groups excluding carboxylic acids is 2. The highest BCUT2D eigenvalue weighted by molar-refractivity contribution is 6.31. The maximum Gasteiger partial charge on any atom is 0.265 e. The predicted molar refractivity (Wildman–Crippen MR) is 119 cm³/mol. The molecule has 1 aliphatic heterocycles. The summed E-state index contributed by atoms with van der Waals surface area (Å²) in [5.74, 6) is 0.0666. The number of para-hydroxylation sites is 1. The standard InChI is InChI=1S/C19H15NO2.3C2H6/c1-3-12-9-13-10-15(13)17-16(12)11(2)18(21)20(19(17)22)14-7-5-4-6-8-14;3*1-2/h3-9,13,15H,1-2,10H2;3*1-2H3. The van der Waals surface area contributed by atoms with Gasteiger partial charge in [0.25, 0.3) is 11.8 Å². The Labute approximate surface area is 170 Å². The second kappa shape index (κ2) is 10.6. The molecule has 2 unspecified atom stereocenters. The smallest absolute Gasteiger partial charge is 0.265 e. The highest BCUT2D eigenvalue weighted by Gasteiger charge is 2.51. The van der Waals surface area contributed by atoms with Crippen LogP contribution >= 0.6 is 0 Å². The molecule has 28 heavy (non-hydrogen) atoms. The Morgan fingerprint density at radius 3 is 2.07 bits per heavy atom. The molecule has 0 aromatic heterocycles. The van der Waals surface area contributed by atoms with Crippen molar-refractivity contribution in [3.05, 3.63) is 77.9 Å². The fraction of sp³-hybridized carbons (Fsp3) is 0.360. The number of anilines is 1. The molecule has 4 rings (SSSR count). The highest BCUT2D eigenvalue weighted by Crippen LogP contribution is 2.54. The minimum absolute atomic E-state index is 0.210. The van der Waals surface area contributed by atoms with Crippen molar-refractivity contribution < 1.29 is 9.59 Å². The van der Waals surface area contributed by atoms with Crippen LogP contribution in [-0.4, -0.2) is 11.8 Å². The molecule has 1 heterocycles. The highest BCUT2D eigenvalue weighted by atomic mass is 16.2. The normalized spacial score (nSPS) is 21.4. The third-order valence-electron chi connectivity index (χ3n) is 4.59. The van der Waals surface area contributed by atoms with Crippen LogP contribution in [0, 0.1) is 11.8 Å². The Balaban J connectivity index is 0.000000599. The minimum Gasteiger partial charge on any atom is -0.269 e. The van der Waals surface area contributed by atoms with Gasteiger partial charge in [-0.2, -0.15) is 0 Å². The molecule has 2 aliphatic carbocycles. The summed E-state index contributed by atoms with van der Waals surface area (Å²) >= 11 is 0. The Kier molecular flexibility index (Phi) is 8.84. The van der Waals surface area contributed by atoms with Crippen LogP contribution < -0.4 is 4.90 Å². The van der Waals surface area contributed by atoms with Gasteiger partial charge in [-0.1, -0.05) is 85.1 Å². The second-order valence-electron chi connectivity index (χ2n) is 5.88. The largest absolute Gasteiger partial charge is 0.269 e. The lowest BCUT2D eigenvalue weighted by molar-refractivity contribution is -0.123. The van der Waals surface area contributed by atoms with Gasteiger partial charge < -0.3 is 0 Å². The van der Waals surface area contributed by atoms with Gasteiger partial charge in [0, 0.05) is 16.7 Å². The monoisotopic (exact) mass is 379 g/mol. The molecule has 0 bridgehead atoms. The Morgan fingerprint density at radius 2 is 1.54 bits per heavy atom. The summed E-state index contributed by atoms with van der Waals surface area (Å²) < 4.78 is 0. The number of imide groups is 1. The first-order valence-electron chi connectivity index (χ1n) is 10.4. The maximum atomic E-state index is 13.0. The van der Waals surface area contributed by atoms with E-state index in [9.17, 15) is 9.59 Å². The van der Waals surface area contributed by atoms with Crippen molar-refractivity contribution in [3.8, 4) is 0 Å². The van der Waals surface area contributed by atoms with Crippen LogP contribution in [0.5, 0.6) is 0 Å². The van der Waals surface area contributed by atoms with Gasteiger partial charge >= 0.3 is 0 Å². The number of fused-ring (bicyclic) bond motifs is 2. The van der Waals surface area contributed by atoms with Crippen molar-refractivity contribution in [1.82, 2.24) is 0 Å². The molecule has 3 heteroatoms. The van der Waals surface area contributed by atoms with Gasteiger partial charge in [0.05, 0.1) is 5.69 Å². The zero-order valence-corrected chi connectivity index (χ0v) is 18.1. The van der Waals surface area contributed by atoms with E-state index in [1.165, 1.54) is 4.90 Å². The van der Waals surface area contributed by atoms with Crippen LogP contribution in [0.3, 0.4) is 0 Å². The molecule has 0 radical (unpaired) electrons. The van der Waals surface area contributed by atoms with Crippen molar-refractivity contribution in [2.45, 2.75) is 48.0 Å². The summed E-state index contributed by atoms with van der Waals surface area (Å²) in [6.07, 6.45) is 4.79. The topological polar surface area (TPSA) is 37.4 Å². The van der Waals surface area contributed by atoms with Crippen LogP contribution in [0.2, 0.25) is 0 Å². The van der Waals surface area contributed by atoms with E-state index in [1.54, 1.807) is 18.2 Å². The van der Waals surface area contributed by atoms with E-state index < -0.39 is 0 Å². The summed E-state index contributed by atoms with van der Waals surface area (Å²) in [6, 6.07) is 9.03. The van der Waals surface area contributed by atoms with E-state index in [2.05, 4.69) is 19.2 Å². The number of allylic oxidation sites excluding steroid dienone is 3. The molecule has 1 fully saturated rings. The van der Waals surface area contributed by atoms with Gasteiger partial charge in [-0.3, -0.25) is 9.59 Å². The van der Waals surface area contributed by atoms with Gasteiger partial charge in [0.2, 0.25) is 0 Å². The molecule has 0 saturated heterocycles. The third-order valence-corrected chi connectivity index (χ3v) is 4.59. The van der Waals surface area contributed by atoms with Crippen molar-refractivity contribution in [3.63, 3.8) is 0 Å². The van der Waals surface area contributed by atoms with E-state index in [4.69, 9.17) is 0 Å². The lowest BCUT2D eigenvalue weighted by Gasteiger charge is -2.32. The van der Waals surface area contributed by atoms with E-state index in [1.807, 2.05) is 59.7 Å². The molecule has 1 saturated carbocycles. The molecule has 2 amide bonds. The number of nitrogens with zero attached hydrogens (tertiary/aromatic N) is 1. The molecule has 3 aliphatic rings. The average molecular weight is 380 g/mol. The lowest BCUT2D eigenvalue weighted by atomic mass is 9.82. The summed E-state index contributed by atoms with van der Waals surface area (Å²) in [5, 5.41) is 0. The molecule has 1 aromatic carbocycles. The van der Waals surface area contributed by atoms with Crippen molar-refractivity contribution in [1.29, 1.82) is 0 Å². The molecular weight excluding hydrogens is 346 g/mol. The van der Waals surface area contributed by atoms with Gasteiger partial charge in [-0.05, 0) is 36.0 Å². The van der Waals surface area contributed by atoms with Gasteiger partial charge in [-0.15, -0.1) is 0 Å². The second-order valence-corrected chi connectivity index (χ2v) is 5.88. The Hall–Kier alpha value is -2.68. The Bertz CT molecular complexity index is 799. The first kappa shape index (κ1) is 23.4.